The number of rotatable bonds is 7. The van der Waals surface area contributed by atoms with Crippen LogP contribution in [0.2, 0.25) is 0 Å². The van der Waals surface area contributed by atoms with Gasteiger partial charge in [0.2, 0.25) is 0 Å². The highest BCUT2D eigenvalue weighted by Gasteiger charge is 2.44. The predicted molar refractivity (Wildman–Crippen MR) is 93.2 cm³/mol. The lowest BCUT2D eigenvalue weighted by molar-refractivity contribution is -0.857. The maximum atomic E-state index is 12.7. The van der Waals surface area contributed by atoms with E-state index in [0.29, 0.717) is 24.6 Å². The van der Waals surface area contributed by atoms with Crippen LogP contribution >= 0.6 is 0 Å². The Labute approximate surface area is 150 Å². The second-order valence-corrected chi connectivity index (χ2v) is 6.35. The Kier molecular flexibility index (Phi) is 5.09. The van der Waals surface area contributed by atoms with Crippen LogP contribution in [0.15, 0.2) is 63.0 Å². The molecule has 2 aromatic heterocycles. The Bertz CT molecular complexity index is 831. The lowest BCUT2D eigenvalue weighted by atomic mass is 10.0. The summed E-state index contributed by atoms with van der Waals surface area (Å²) in [6, 6.07) is 6.04. The van der Waals surface area contributed by atoms with E-state index in [1.54, 1.807) is 24.3 Å². The van der Waals surface area contributed by atoms with Crippen molar-refractivity contribution < 1.29 is 28.4 Å². The minimum Gasteiger partial charge on any atom is -0.503 e. The van der Waals surface area contributed by atoms with Crippen molar-refractivity contribution in [2.75, 3.05) is 27.2 Å². The molecule has 0 spiro atoms. The molecule has 0 aromatic carbocycles. The Morgan fingerprint density at radius 2 is 2.00 bits per heavy atom. The summed E-state index contributed by atoms with van der Waals surface area (Å²) in [5.41, 5.74) is 0.0153. The summed E-state index contributed by atoms with van der Waals surface area (Å²) in [6.07, 6.45) is 5.76. The molecule has 0 radical (unpaired) electrons. The zero-order chi connectivity index (χ0) is 18.7. The van der Waals surface area contributed by atoms with Gasteiger partial charge in [-0.1, -0.05) is 0 Å². The highest BCUT2D eigenvalue weighted by Crippen LogP contribution is 2.37. The highest BCUT2D eigenvalue weighted by atomic mass is 16.3. The molecule has 0 bridgehead atoms. The Hall–Kier alpha value is -3.06. The van der Waals surface area contributed by atoms with Gasteiger partial charge in [0.25, 0.3) is 5.91 Å². The van der Waals surface area contributed by atoms with Crippen LogP contribution < -0.4 is 4.90 Å². The normalized spacial score (nSPS) is 17.9. The molecule has 2 aromatic rings. The van der Waals surface area contributed by atoms with E-state index in [9.17, 15) is 14.7 Å². The third-order valence-electron chi connectivity index (χ3n) is 4.18. The van der Waals surface area contributed by atoms with Crippen LogP contribution in [0.1, 0.15) is 17.6 Å². The van der Waals surface area contributed by atoms with E-state index in [1.807, 2.05) is 14.1 Å². The van der Waals surface area contributed by atoms with Crippen LogP contribution in [0, 0.1) is 0 Å². The zero-order valence-corrected chi connectivity index (χ0v) is 14.6. The first-order chi connectivity index (χ1) is 12.5. The fraction of sp³-hybridized carbons (Fsp3) is 0.263. The number of carbonyl (C=O) groups excluding carboxylic acids is 2. The molecule has 1 amide bonds. The number of hydrogen-bond acceptors (Lipinski definition) is 5. The number of ketones is 1. The third-order valence-corrected chi connectivity index (χ3v) is 4.18. The predicted octanol–water partition coefficient (Wildman–Crippen LogP) is 0.995. The monoisotopic (exact) mass is 357 g/mol. The number of likely N-dealkylation sites (N-methyl/N-ethyl adjacent to an activating group) is 1. The Morgan fingerprint density at radius 1 is 1.27 bits per heavy atom. The van der Waals surface area contributed by atoms with Crippen molar-refractivity contribution in [3.05, 3.63) is 65.7 Å². The van der Waals surface area contributed by atoms with Crippen LogP contribution in [0.3, 0.4) is 0 Å². The minimum atomic E-state index is -0.745. The fourth-order valence-corrected chi connectivity index (χ4v) is 2.86. The lowest BCUT2D eigenvalue weighted by Crippen LogP contribution is -3.06. The molecule has 3 heterocycles. The second-order valence-electron chi connectivity index (χ2n) is 6.35. The molecule has 26 heavy (non-hydrogen) atoms. The van der Waals surface area contributed by atoms with E-state index < -0.39 is 23.5 Å². The van der Waals surface area contributed by atoms with Crippen LogP contribution in [0.25, 0.3) is 6.08 Å². The maximum Gasteiger partial charge on any atom is 0.290 e. The molecule has 0 unspecified atom stereocenters. The van der Waals surface area contributed by atoms with Crippen molar-refractivity contribution in [1.82, 2.24) is 4.90 Å². The first kappa shape index (κ1) is 17.8. The average molecular weight is 357 g/mol. The molecule has 3 rings (SSSR count). The molecule has 1 aliphatic heterocycles. The number of allylic oxidation sites excluding steroid dienone is 1. The number of quaternary nitrogens is 1. The van der Waals surface area contributed by atoms with Crippen molar-refractivity contribution in [2.45, 2.75) is 6.04 Å². The SMILES string of the molecule is C[NH+](C)CCN1C(=O)C(O)=C(C(=O)/C=C/c2ccco2)[C@H]1c1ccco1. The van der Waals surface area contributed by atoms with Crippen LogP contribution in [0.4, 0.5) is 0 Å². The molecule has 7 nitrogen and oxygen atoms in total. The van der Waals surface area contributed by atoms with Gasteiger partial charge < -0.3 is 23.7 Å². The average Bonchev–Trinajstić information content (AvgIpc) is 3.34. The molecule has 7 heteroatoms. The largest absolute Gasteiger partial charge is 0.503 e. The number of nitrogens with zero attached hydrogens (tertiary/aromatic N) is 1. The van der Waals surface area contributed by atoms with Crippen molar-refractivity contribution in [1.29, 1.82) is 0 Å². The third kappa shape index (κ3) is 3.48. The second kappa shape index (κ2) is 7.45. The summed E-state index contributed by atoms with van der Waals surface area (Å²) in [4.78, 5) is 27.9. The first-order valence-electron chi connectivity index (χ1n) is 8.31. The maximum absolute atomic E-state index is 12.7. The molecule has 1 aliphatic rings. The van der Waals surface area contributed by atoms with E-state index in [-0.39, 0.29) is 5.57 Å². The Balaban J connectivity index is 1.92. The van der Waals surface area contributed by atoms with Gasteiger partial charge in [0.05, 0.1) is 45.3 Å². The van der Waals surface area contributed by atoms with E-state index in [1.165, 1.54) is 29.6 Å². The minimum absolute atomic E-state index is 0.0153. The van der Waals surface area contributed by atoms with E-state index in [4.69, 9.17) is 8.83 Å². The molecular weight excluding hydrogens is 336 g/mol. The standard InChI is InChI=1S/C19H20N2O5/c1-20(2)9-10-21-17(15-6-4-12-26-15)16(18(23)19(21)24)14(22)8-7-13-5-3-11-25-13/h3-8,11-12,17,23H,9-10H2,1-2H3/p+1/b8-7+/t17-/m1/s1. The lowest BCUT2D eigenvalue weighted by Gasteiger charge is -2.24. The van der Waals surface area contributed by atoms with Crippen LogP contribution in [-0.2, 0) is 9.59 Å². The fourth-order valence-electron chi connectivity index (χ4n) is 2.86. The van der Waals surface area contributed by atoms with Crippen molar-refractivity contribution in [2.24, 2.45) is 0 Å². The molecule has 0 fully saturated rings. The number of carbonyl (C=O) groups is 2. The van der Waals surface area contributed by atoms with Gasteiger partial charge in [-0.05, 0) is 36.4 Å². The van der Waals surface area contributed by atoms with E-state index >= 15 is 0 Å². The van der Waals surface area contributed by atoms with Gasteiger partial charge in [-0.3, -0.25) is 9.59 Å². The summed E-state index contributed by atoms with van der Waals surface area (Å²) in [6.45, 7) is 1.05. The summed E-state index contributed by atoms with van der Waals surface area (Å²) in [7, 11) is 3.93. The number of aliphatic hydroxyl groups is 1. The molecule has 1 atom stereocenters. The molecule has 2 N–H and O–H groups in total. The molecule has 0 saturated carbocycles. The molecule has 0 aliphatic carbocycles. The summed E-state index contributed by atoms with van der Waals surface area (Å²) >= 11 is 0. The van der Waals surface area contributed by atoms with Gasteiger partial charge in [-0.25, -0.2) is 0 Å². The molecular formula is C19H21N2O5+. The summed E-state index contributed by atoms with van der Waals surface area (Å²) in [5, 5.41) is 10.4. The zero-order valence-electron chi connectivity index (χ0n) is 14.6. The van der Waals surface area contributed by atoms with Crippen molar-refractivity contribution >= 4 is 17.8 Å². The number of hydrogen-bond donors (Lipinski definition) is 2. The van der Waals surface area contributed by atoms with Gasteiger partial charge in [-0.15, -0.1) is 0 Å². The quantitative estimate of drug-likeness (QED) is 0.722. The smallest absolute Gasteiger partial charge is 0.290 e. The van der Waals surface area contributed by atoms with Gasteiger partial charge in [0, 0.05) is 0 Å². The van der Waals surface area contributed by atoms with Gasteiger partial charge >= 0.3 is 0 Å². The van der Waals surface area contributed by atoms with Crippen LogP contribution in [-0.4, -0.2) is 48.9 Å². The first-order valence-corrected chi connectivity index (χ1v) is 8.31. The summed E-state index contributed by atoms with van der Waals surface area (Å²) in [5.74, 6) is -0.624. The van der Waals surface area contributed by atoms with E-state index in [2.05, 4.69) is 0 Å². The number of nitrogens with one attached hydrogen (secondary N) is 1. The number of furan rings is 2. The number of aliphatic hydroxyl groups excluding tert-OH is 1. The molecule has 136 valence electrons. The van der Waals surface area contributed by atoms with E-state index in [0.717, 1.165) is 4.90 Å². The molecule has 0 saturated heterocycles. The van der Waals surface area contributed by atoms with Crippen molar-refractivity contribution in [3.63, 3.8) is 0 Å². The number of amides is 1. The Morgan fingerprint density at radius 3 is 2.62 bits per heavy atom. The van der Waals surface area contributed by atoms with Gasteiger partial charge in [-0.2, -0.15) is 0 Å². The summed E-state index contributed by atoms with van der Waals surface area (Å²) < 4.78 is 10.6. The van der Waals surface area contributed by atoms with Crippen molar-refractivity contribution in [3.8, 4) is 0 Å². The highest BCUT2D eigenvalue weighted by molar-refractivity contribution is 6.14. The van der Waals surface area contributed by atoms with Gasteiger partial charge in [0.1, 0.15) is 17.6 Å². The van der Waals surface area contributed by atoms with Crippen LogP contribution in [0.5, 0.6) is 0 Å². The van der Waals surface area contributed by atoms with Gasteiger partial charge in [0.15, 0.2) is 11.5 Å². The topological polar surface area (TPSA) is 88.3 Å².